The number of aromatic nitrogens is 2. The summed E-state index contributed by atoms with van der Waals surface area (Å²) >= 11 is 5.77. The Morgan fingerprint density at radius 3 is 2.79 bits per heavy atom. The zero-order valence-corrected chi connectivity index (χ0v) is 9.22. The maximum absolute atomic E-state index is 5.77. The van der Waals surface area contributed by atoms with Gasteiger partial charge >= 0.3 is 0 Å². The van der Waals surface area contributed by atoms with E-state index >= 15 is 0 Å². The standard InChI is InChI=1S/C11H15ClN2/c1-2-3-9-6-10(8-4-5-8)14-11(7-12)13-9/h6,8H,2-5,7H2,1H3. The molecule has 1 aromatic rings. The zero-order valence-electron chi connectivity index (χ0n) is 8.46. The van der Waals surface area contributed by atoms with E-state index in [1.165, 1.54) is 18.5 Å². The van der Waals surface area contributed by atoms with Crippen molar-refractivity contribution in [2.45, 2.75) is 44.4 Å². The van der Waals surface area contributed by atoms with Crippen LogP contribution in [0.2, 0.25) is 0 Å². The van der Waals surface area contributed by atoms with Gasteiger partial charge in [0.25, 0.3) is 0 Å². The van der Waals surface area contributed by atoms with E-state index in [2.05, 4.69) is 23.0 Å². The second-order valence-electron chi connectivity index (χ2n) is 3.86. The van der Waals surface area contributed by atoms with Crippen LogP contribution in [-0.4, -0.2) is 9.97 Å². The molecule has 0 bridgehead atoms. The van der Waals surface area contributed by atoms with Gasteiger partial charge in [-0.25, -0.2) is 9.97 Å². The van der Waals surface area contributed by atoms with Crippen LogP contribution in [-0.2, 0) is 12.3 Å². The van der Waals surface area contributed by atoms with E-state index in [1.807, 2.05) is 0 Å². The summed E-state index contributed by atoms with van der Waals surface area (Å²) in [6, 6.07) is 2.15. The number of aryl methyl sites for hydroxylation is 1. The Balaban J connectivity index is 2.26. The second kappa shape index (κ2) is 4.26. The Morgan fingerprint density at radius 1 is 1.43 bits per heavy atom. The molecule has 3 heteroatoms. The highest BCUT2D eigenvalue weighted by atomic mass is 35.5. The Bertz CT molecular complexity index is 321. The minimum absolute atomic E-state index is 0.428. The van der Waals surface area contributed by atoms with Gasteiger partial charge in [-0.05, 0) is 25.3 Å². The molecule has 1 aliphatic carbocycles. The van der Waals surface area contributed by atoms with Crippen molar-refractivity contribution in [1.82, 2.24) is 9.97 Å². The number of halogens is 1. The maximum Gasteiger partial charge on any atom is 0.143 e. The third kappa shape index (κ3) is 2.24. The minimum atomic E-state index is 0.428. The van der Waals surface area contributed by atoms with Crippen LogP contribution in [0.15, 0.2) is 6.07 Å². The molecule has 0 unspecified atom stereocenters. The van der Waals surface area contributed by atoms with E-state index in [1.54, 1.807) is 0 Å². The summed E-state index contributed by atoms with van der Waals surface area (Å²) in [4.78, 5) is 8.86. The lowest BCUT2D eigenvalue weighted by molar-refractivity contribution is 0.828. The largest absolute Gasteiger partial charge is 0.237 e. The molecule has 1 aromatic heterocycles. The number of hydrogen-bond acceptors (Lipinski definition) is 2. The highest BCUT2D eigenvalue weighted by Gasteiger charge is 2.25. The first-order valence-corrected chi connectivity index (χ1v) is 5.79. The van der Waals surface area contributed by atoms with Gasteiger partial charge in [-0.15, -0.1) is 11.6 Å². The highest BCUT2D eigenvalue weighted by molar-refractivity contribution is 6.16. The van der Waals surface area contributed by atoms with Crippen molar-refractivity contribution in [3.05, 3.63) is 23.3 Å². The summed E-state index contributed by atoms with van der Waals surface area (Å²) in [5, 5.41) is 0. The van der Waals surface area contributed by atoms with Crippen molar-refractivity contribution in [3.63, 3.8) is 0 Å². The normalized spacial score (nSPS) is 15.9. The SMILES string of the molecule is CCCc1cc(C2CC2)nc(CCl)n1. The van der Waals surface area contributed by atoms with Crippen LogP contribution in [0.5, 0.6) is 0 Å². The van der Waals surface area contributed by atoms with E-state index in [9.17, 15) is 0 Å². The van der Waals surface area contributed by atoms with Gasteiger partial charge in [0.2, 0.25) is 0 Å². The van der Waals surface area contributed by atoms with Crippen molar-refractivity contribution >= 4 is 11.6 Å². The quantitative estimate of drug-likeness (QED) is 0.714. The van der Waals surface area contributed by atoms with Gasteiger partial charge in [0.1, 0.15) is 5.82 Å². The molecule has 0 aliphatic heterocycles. The lowest BCUT2D eigenvalue weighted by Gasteiger charge is -2.04. The van der Waals surface area contributed by atoms with Gasteiger partial charge in [0.05, 0.1) is 5.88 Å². The Kier molecular flexibility index (Phi) is 3.02. The molecule has 0 radical (unpaired) electrons. The lowest BCUT2D eigenvalue weighted by Crippen LogP contribution is -2.01. The Hall–Kier alpha value is -0.630. The average Bonchev–Trinajstić information content (AvgIpc) is 3.01. The predicted molar refractivity (Wildman–Crippen MR) is 57.6 cm³/mol. The summed E-state index contributed by atoms with van der Waals surface area (Å²) in [5.74, 6) is 1.91. The van der Waals surface area contributed by atoms with E-state index in [0.717, 1.165) is 24.4 Å². The van der Waals surface area contributed by atoms with E-state index < -0.39 is 0 Å². The van der Waals surface area contributed by atoms with Crippen molar-refractivity contribution in [2.24, 2.45) is 0 Å². The average molecular weight is 211 g/mol. The smallest absolute Gasteiger partial charge is 0.143 e. The van der Waals surface area contributed by atoms with Gasteiger partial charge in [0.15, 0.2) is 0 Å². The summed E-state index contributed by atoms with van der Waals surface area (Å²) in [5.41, 5.74) is 2.36. The second-order valence-corrected chi connectivity index (χ2v) is 4.13. The van der Waals surface area contributed by atoms with Crippen LogP contribution in [0.1, 0.15) is 49.3 Å². The Morgan fingerprint density at radius 2 is 2.21 bits per heavy atom. The molecular formula is C11H15ClN2. The van der Waals surface area contributed by atoms with Crippen LogP contribution in [0, 0.1) is 0 Å². The zero-order chi connectivity index (χ0) is 9.97. The fraction of sp³-hybridized carbons (Fsp3) is 0.636. The van der Waals surface area contributed by atoms with Gasteiger partial charge < -0.3 is 0 Å². The number of nitrogens with zero attached hydrogens (tertiary/aromatic N) is 2. The molecule has 0 aromatic carbocycles. The van der Waals surface area contributed by atoms with E-state index in [0.29, 0.717) is 11.8 Å². The van der Waals surface area contributed by atoms with Gasteiger partial charge in [0, 0.05) is 17.3 Å². The Labute approximate surface area is 89.7 Å². The number of alkyl halides is 1. The summed E-state index contributed by atoms with van der Waals surface area (Å²) in [6.45, 7) is 2.17. The summed E-state index contributed by atoms with van der Waals surface area (Å²) < 4.78 is 0. The number of rotatable bonds is 4. The molecule has 2 rings (SSSR count). The maximum atomic E-state index is 5.77. The monoisotopic (exact) mass is 210 g/mol. The number of hydrogen-bond donors (Lipinski definition) is 0. The van der Waals surface area contributed by atoms with Gasteiger partial charge in [-0.3, -0.25) is 0 Å². The molecule has 14 heavy (non-hydrogen) atoms. The van der Waals surface area contributed by atoms with Crippen molar-refractivity contribution < 1.29 is 0 Å². The molecule has 0 atom stereocenters. The third-order valence-electron chi connectivity index (χ3n) is 2.47. The minimum Gasteiger partial charge on any atom is -0.237 e. The van der Waals surface area contributed by atoms with Gasteiger partial charge in [-0.2, -0.15) is 0 Å². The molecule has 2 nitrogen and oxygen atoms in total. The van der Waals surface area contributed by atoms with Crippen LogP contribution in [0.3, 0.4) is 0 Å². The molecule has 0 amide bonds. The topological polar surface area (TPSA) is 25.8 Å². The van der Waals surface area contributed by atoms with Crippen molar-refractivity contribution in [1.29, 1.82) is 0 Å². The first-order valence-electron chi connectivity index (χ1n) is 5.26. The van der Waals surface area contributed by atoms with Crippen LogP contribution in [0.4, 0.5) is 0 Å². The van der Waals surface area contributed by atoms with Crippen LogP contribution >= 0.6 is 11.6 Å². The fourth-order valence-corrected chi connectivity index (χ4v) is 1.73. The van der Waals surface area contributed by atoms with E-state index in [-0.39, 0.29) is 0 Å². The summed E-state index contributed by atoms with van der Waals surface area (Å²) in [6.07, 6.45) is 4.73. The third-order valence-corrected chi connectivity index (χ3v) is 2.71. The molecule has 0 N–H and O–H groups in total. The highest BCUT2D eigenvalue weighted by Crippen LogP contribution is 2.39. The van der Waals surface area contributed by atoms with Crippen molar-refractivity contribution in [2.75, 3.05) is 0 Å². The lowest BCUT2D eigenvalue weighted by atomic mass is 10.2. The van der Waals surface area contributed by atoms with Crippen LogP contribution < -0.4 is 0 Å². The first kappa shape index (κ1) is 9.91. The molecule has 1 saturated carbocycles. The first-order chi connectivity index (χ1) is 6.83. The van der Waals surface area contributed by atoms with E-state index in [4.69, 9.17) is 11.6 Å². The molecular weight excluding hydrogens is 196 g/mol. The van der Waals surface area contributed by atoms with Crippen molar-refractivity contribution in [3.8, 4) is 0 Å². The summed E-state index contributed by atoms with van der Waals surface area (Å²) in [7, 11) is 0. The molecule has 1 fully saturated rings. The molecule has 76 valence electrons. The van der Waals surface area contributed by atoms with Gasteiger partial charge in [-0.1, -0.05) is 13.3 Å². The fourth-order valence-electron chi connectivity index (χ4n) is 1.61. The predicted octanol–water partition coefficient (Wildman–Crippen LogP) is 3.05. The molecule has 0 saturated heterocycles. The molecule has 0 spiro atoms. The molecule has 1 aliphatic rings. The van der Waals surface area contributed by atoms with Crippen LogP contribution in [0.25, 0.3) is 0 Å². The molecule has 1 heterocycles.